The molecule has 9 heteroatoms. The van der Waals surface area contributed by atoms with Gasteiger partial charge in [0.25, 0.3) is 5.91 Å². The molecule has 0 radical (unpaired) electrons. The highest BCUT2D eigenvalue weighted by molar-refractivity contribution is 5.91. The first-order valence-electron chi connectivity index (χ1n) is 10.2. The molecule has 29 heavy (non-hydrogen) atoms. The molecule has 1 spiro atoms. The number of nitrogens with one attached hydrogen (secondary N) is 2. The molecule has 5 heterocycles. The van der Waals surface area contributed by atoms with Crippen molar-refractivity contribution in [2.75, 3.05) is 43.5 Å². The Morgan fingerprint density at radius 2 is 2.31 bits per heavy atom. The van der Waals surface area contributed by atoms with Gasteiger partial charge in [-0.1, -0.05) is 0 Å². The zero-order valence-corrected chi connectivity index (χ0v) is 17.1. The van der Waals surface area contributed by atoms with Gasteiger partial charge in [0.1, 0.15) is 11.5 Å². The summed E-state index contributed by atoms with van der Waals surface area (Å²) in [6, 6.07) is 2.05. The largest absolute Gasteiger partial charge is 0.369 e. The fourth-order valence-electron chi connectivity index (χ4n) is 5.22. The Labute approximate surface area is 169 Å². The van der Waals surface area contributed by atoms with Crippen molar-refractivity contribution in [1.82, 2.24) is 25.3 Å². The number of imidazole rings is 1. The summed E-state index contributed by atoms with van der Waals surface area (Å²) in [5.41, 5.74) is 1.33. The second-order valence-electron chi connectivity index (χ2n) is 8.65. The molecule has 0 aliphatic carbocycles. The average Bonchev–Trinajstić information content (AvgIpc) is 3.45. The molecule has 154 valence electrons. The molecule has 2 bridgehead atoms. The lowest BCUT2D eigenvalue weighted by molar-refractivity contribution is 0.0141. The van der Waals surface area contributed by atoms with Crippen LogP contribution in [0.4, 0.5) is 11.8 Å². The van der Waals surface area contributed by atoms with Gasteiger partial charge in [-0.25, -0.2) is 9.97 Å². The monoisotopic (exact) mass is 397 g/mol. The number of rotatable bonds is 5. The summed E-state index contributed by atoms with van der Waals surface area (Å²) in [5.74, 6) is 2.27. The Hall–Kier alpha value is -2.68. The predicted molar refractivity (Wildman–Crippen MR) is 108 cm³/mol. The van der Waals surface area contributed by atoms with Gasteiger partial charge in [-0.3, -0.25) is 4.79 Å². The standard InChI is InChI=1S/C20H27N7O2/c1-12-6-17(25-19(24-12)26(2)3)27-9-14-13(16-4-5-20(14,10-27)29-16)7-22-18(28)15-8-21-11-23-15/h6,8,11,13-14,16H,4-5,7,9-10H2,1-3H3,(H,21,23)(H,22,28)/t13-,14+,16+,20+/m0/s1. The van der Waals surface area contributed by atoms with Crippen LogP contribution >= 0.6 is 0 Å². The van der Waals surface area contributed by atoms with Gasteiger partial charge in [-0.05, 0) is 19.8 Å². The fraction of sp³-hybridized carbons (Fsp3) is 0.600. The smallest absolute Gasteiger partial charge is 0.269 e. The van der Waals surface area contributed by atoms with Crippen molar-refractivity contribution < 1.29 is 9.53 Å². The number of H-pyrrole nitrogens is 1. The molecule has 2 aromatic heterocycles. The van der Waals surface area contributed by atoms with E-state index < -0.39 is 0 Å². The molecule has 9 nitrogen and oxygen atoms in total. The highest BCUT2D eigenvalue weighted by Gasteiger charge is 2.63. The van der Waals surface area contributed by atoms with E-state index in [1.54, 1.807) is 6.20 Å². The van der Waals surface area contributed by atoms with Crippen LogP contribution < -0.4 is 15.1 Å². The molecule has 3 saturated heterocycles. The minimum atomic E-state index is -0.120. The Kier molecular flexibility index (Phi) is 4.23. The van der Waals surface area contributed by atoms with E-state index in [-0.39, 0.29) is 17.6 Å². The van der Waals surface area contributed by atoms with Gasteiger partial charge in [0.05, 0.1) is 24.2 Å². The van der Waals surface area contributed by atoms with Crippen LogP contribution in [0.15, 0.2) is 18.6 Å². The third kappa shape index (κ3) is 3.04. The summed E-state index contributed by atoms with van der Waals surface area (Å²) in [5, 5.41) is 3.07. The molecule has 0 saturated carbocycles. The number of nitrogens with zero attached hydrogens (tertiary/aromatic N) is 5. The van der Waals surface area contributed by atoms with Crippen molar-refractivity contribution in [2.45, 2.75) is 31.5 Å². The van der Waals surface area contributed by atoms with E-state index in [4.69, 9.17) is 9.72 Å². The van der Waals surface area contributed by atoms with E-state index in [9.17, 15) is 4.79 Å². The molecule has 0 unspecified atom stereocenters. The van der Waals surface area contributed by atoms with Gasteiger partial charge in [0, 0.05) is 57.3 Å². The number of fused-ring (bicyclic) bond motifs is 1. The second-order valence-corrected chi connectivity index (χ2v) is 8.65. The van der Waals surface area contributed by atoms with E-state index in [1.807, 2.05) is 32.0 Å². The van der Waals surface area contributed by atoms with Crippen molar-refractivity contribution in [1.29, 1.82) is 0 Å². The molecule has 1 amide bonds. The van der Waals surface area contributed by atoms with E-state index in [0.29, 0.717) is 24.1 Å². The number of aromatic nitrogens is 4. The molecular weight excluding hydrogens is 370 g/mol. The van der Waals surface area contributed by atoms with Crippen LogP contribution in [0.25, 0.3) is 0 Å². The minimum Gasteiger partial charge on any atom is -0.369 e. The molecular formula is C20H27N7O2. The van der Waals surface area contributed by atoms with Crippen LogP contribution in [0.5, 0.6) is 0 Å². The molecule has 3 fully saturated rings. The minimum absolute atomic E-state index is 0.115. The fourth-order valence-corrected chi connectivity index (χ4v) is 5.22. The summed E-state index contributed by atoms with van der Waals surface area (Å²) >= 11 is 0. The summed E-state index contributed by atoms with van der Waals surface area (Å²) in [6.45, 7) is 4.37. The van der Waals surface area contributed by atoms with Crippen molar-refractivity contribution in [2.24, 2.45) is 11.8 Å². The first-order valence-corrected chi connectivity index (χ1v) is 10.2. The molecule has 0 aromatic carbocycles. The van der Waals surface area contributed by atoms with Crippen LogP contribution in [0.3, 0.4) is 0 Å². The van der Waals surface area contributed by atoms with Crippen LogP contribution in [0, 0.1) is 18.8 Å². The lowest BCUT2D eigenvalue weighted by Crippen LogP contribution is -2.42. The van der Waals surface area contributed by atoms with Gasteiger partial charge < -0.3 is 24.8 Å². The Morgan fingerprint density at radius 3 is 3.07 bits per heavy atom. The van der Waals surface area contributed by atoms with Crippen molar-refractivity contribution in [3.63, 3.8) is 0 Å². The highest BCUT2D eigenvalue weighted by Crippen LogP contribution is 2.55. The quantitative estimate of drug-likeness (QED) is 0.776. The van der Waals surface area contributed by atoms with E-state index in [1.165, 1.54) is 6.33 Å². The maximum atomic E-state index is 12.3. The Balaban J connectivity index is 1.33. The summed E-state index contributed by atoms with van der Waals surface area (Å²) < 4.78 is 6.51. The van der Waals surface area contributed by atoms with Gasteiger partial charge in [0.2, 0.25) is 5.95 Å². The third-order valence-corrected chi connectivity index (χ3v) is 6.58. The van der Waals surface area contributed by atoms with Gasteiger partial charge in [-0.2, -0.15) is 4.98 Å². The maximum absolute atomic E-state index is 12.3. The van der Waals surface area contributed by atoms with Crippen molar-refractivity contribution in [3.05, 3.63) is 30.0 Å². The Morgan fingerprint density at radius 1 is 1.45 bits per heavy atom. The number of ether oxygens (including phenoxy) is 1. The molecule has 3 aliphatic rings. The molecule has 4 atom stereocenters. The number of anilines is 2. The number of aryl methyl sites for hydroxylation is 1. The number of amides is 1. The zero-order valence-electron chi connectivity index (χ0n) is 17.1. The van der Waals surface area contributed by atoms with E-state index in [2.05, 4.69) is 25.2 Å². The zero-order chi connectivity index (χ0) is 20.2. The second kappa shape index (κ2) is 6.69. The molecule has 2 N–H and O–H groups in total. The summed E-state index contributed by atoms with van der Waals surface area (Å²) in [7, 11) is 3.91. The maximum Gasteiger partial charge on any atom is 0.269 e. The van der Waals surface area contributed by atoms with Crippen LogP contribution in [-0.4, -0.2) is 71.3 Å². The number of carbonyl (C=O) groups is 1. The van der Waals surface area contributed by atoms with Crippen molar-refractivity contribution >= 4 is 17.7 Å². The van der Waals surface area contributed by atoms with Gasteiger partial charge in [0.15, 0.2) is 0 Å². The van der Waals surface area contributed by atoms with Gasteiger partial charge >= 0.3 is 0 Å². The van der Waals surface area contributed by atoms with Gasteiger partial charge in [-0.15, -0.1) is 0 Å². The normalized spacial score (nSPS) is 29.9. The first kappa shape index (κ1) is 18.4. The number of carbonyl (C=O) groups excluding carboxylic acids is 1. The first-order chi connectivity index (χ1) is 13.9. The molecule has 5 rings (SSSR count). The summed E-state index contributed by atoms with van der Waals surface area (Å²) in [6.07, 6.45) is 5.43. The highest BCUT2D eigenvalue weighted by atomic mass is 16.5. The molecule has 2 aromatic rings. The lowest BCUT2D eigenvalue weighted by atomic mass is 9.73. The van der Waals surface area contributed by atoms with Crippen LogP contribution in [-0.2, 0) is 4.74 Å². The topological polar surface area (TPSA) is 99.3 Å². The number of hydrogen-bond acceptors (Lipinski definition) is 7. The van der Waals surface area contributed by atoms with E-state index >= 15 is 0 Å². The Bertz CT molecular complexity index is 916. The number of aromatic amines is 1. The van der Waals surface area contributed by atoms with Crippen LogP contribution in [0.1, 0.15) is 29.0 Å². The molecule has 3 aliphatic heterocycles. The van der Waals surface area contributed by atoms with Crippen molar-refractivity contribution in [3.8, 4) is 0 Å². The average molecular weight is 397 g/mol. The summed E-state index contributed by atoms with van der Waals surface area (Å²) in [4.78, 5) is 32.6. The van der Waals surface area contributed by atoms with Crippen LogP contribution in [0.2, 0.25) is 0 Å². The third-order valence-electron chi connectivity index (χ3n) is 6.58. The van der Waals surface area contributed by atoms with E-state index in [0.717, 1.165) is 43.4 Å². The number of hydrogen-bond donors (Lipinski definition) is 2. The SMILES string of the molecule is Cc1cc(N2C[C@@H]3[C@H](CNC(=O)c4cnc[nH]4)[C@H]4CC[C@]3(C2)O4)nc(N(C)C)n1. The lowest BCUT2D eigenvalue weighted by Gasteiger charge is -2.29. The predicted octanol–water partition coefficient (Wildman–Crippen LogP) is 0.988.